The maximum Gasteiger partial charge on any atom is 0.109 e. The Morgan fingerprint density at radius 3 is 2.95 bits per heavy atom. The van der Waals surface area contributed by atoms with Crippen LogP contribution in [0, 0.1) is 0 Å². The first kappa shape index (κ1) is 15.9. The number of aliphatic hydroxyl groups is 1. The average Bonchev–Trinajstić information content (AvgIpc) is 2.70. The third-order valence-corrected chi connectivity index (χ3v) is 4.68. The van der Waals surface area contributed by atoms with E-state index in [1.165, 1.54) is 0 Å². The molecule has 0 aliphatic carbocycles. The number of methoxy groups -OCH3 is 1. The van der Waals surface area contributed by atoms with Crippen LogP contribution in [0.15, 0.2) is 10.7 Å². The number of likely N-dealkylation sites (tertiary alicyclic amines) is 1. The van der Waals surface area contributed by atoms with Gasteiger partial charge in [-0.3, -0.25) is 4.68 Å². The lowest BCUT2D eigenvalue weighted by molar-refractivity contribution is 0.0107. The van der Waals surface area contributed by atoms with Crippen molar-refractivity contribution >= 4 is 15.9 Å². The van der Waals surface area contributed by atoms with Gasteiger partial charge in [0.2, 0.25) is 0 Å². The van der Waals surface area contributed by atoms with Crippen molar-refractivity contribution in [1.82, 2.24) is 14.7 Å². The van der Waals surface area contributed by atoms with E-state index in [1.807, 2.05) is 4.68 Å². The van der Waals surface area contributed by atoms with Gasteiger partial charge < -0.3 is 14.7 Å². The first-order chi connectivity index (χ1) is 9.60. The summed E-state index contributed by atoms with van der Waals surface area (Å²) in [5, 5.41) is 15.5. The lowest BCUT2D eigenvalue weighted by atomic mass is 9.91. The molecule has 1 unspecified atom stereocenters. The Kier molecular flexibility index (Phi) is 5.60. The number of hydrogen-bond donors (Lipinski definition) is 1. The maximum atomic E-state index is 11.1. The Bertz CT molecular complexity index is 438. The van der Waals surface area contributed by atoms with E-state index in [9.17, 15) is 5.11 Å². The van der Waals surface area contributed by atoms with Crippen molar-refractivity contribution in [3.8, 4) is 0 Å². The van der Waals surface area contributed by atoms with Gasteiger partial charge in [-0.15, -0.1) is 0 Å². The van der Waals surface area contributed by atoms with Crippen LogP contribution < -0.4 is 0 Å². The molecular weight excluding hydrogens is 322 g/mol. The van der Waals surface area contributed by atoms with Crippen molar-refractivity contribution in [2.24, 2.45) is 0 Å². The summed E-state index contributed by atoms with van der Waals surface area (Å²) in [6.45, 7) is 6.45. The molecular formula is C14H24BrN3O2. The number of nitrogens with zero attached hydrogens (tertiary/aromatic N) is 3. The molecule has 1 aromatic rings. The highest BCUT2D eigenvalue weighted by Gasteiger charge is 2.36. The van der Waals surface area contributed by atoms with Gasteiger partial charge in [0.15, 0.2) is 0 Å². The van der Waals surface area contributed by atoms with E-state index in [0.717, 1.165) is 49.1 Å². The van der Waals surface area contributed by atoms with E-state index < -0.39 is 5.60 Å². The predicted octanol–water partition coefficient (Wildman–Crippen LogP) is 1.99. The number of aromatic nitrogens is 2. The molecule has 0 spiro atoms. The van der Waals surface area contributed by atoms with Crippen LogP contribution in [0.4, 0.5) is 0 Å². The fourth-order valence-electron chi connectivity index (χ4n) is 2.90. The average molecular weight is 346 g/mol. The highest BCUT2D eigenvalue weighted by atomic mass is 79.9. The second kappa shape index (κ2) is 7.02. The van der Waals surface area contributed by atoms with Crippen molar-refractivity contribution in [2.45, 2.75) is 38.3 Å². The highest BCUT2D eigenvalue weighted by molar-refractivity contribution is 9.10. The zero-order valence-corrected chi connectivity index (χ0v) is 13.9. The SMILES string of the molecule is CCN1CCCC(O)(c2c(Br)cnn2CCOC)CC1. The molecule has 0 aromatic carbocycles. The van der Waals surface area contributed by atoms with Crippen molar-refractivity contribution in [3.05, 3.63) is 16.4 Å². The maximum absolute atomic E-state index is 11.1. The van der Waals surface area contributed by atoms with Gasteiger partial charge >= 0.3 is 0 Å². The Morgan fingerprint density at radius 2 is 2.25 bits per heavy atom. The smallest absolute Gasteiger partial charge is 0.109 e. The van der Waals surface area contributed by atoms with Gasteiger partial charge in [-0.2, -0.15) is 5.10 Å². The predicted molar refractivity (Wildman–Crippen MR) is 81.7 cm³/mol. The summed E-state index contributed by atoms with van der Waals surface area (Å²) in [6.07, 6.45) is 4.30. The number of hydrogen-bond acceptors (Lipinski definition) is 4. The lowest BCUT2D eigenvalue weighted by Crippen LogP contribution is -2.32. The normalized spacial score (nSPS) is 24.8. The molecule has 114 valence electrons. The Balaban J connectivity index is 2.22. The molecule has 0 radical (unpaired) electrons. The van der Waals surface area contributed by atoms with Crippen molar-refractivity contribution in [1.29, 1.82) is 0 Å². The zero-order valence-electron chi connectivity index (χ0n) is 12.3. The molecule has 5 nitrogen and oxygen atoms in total. The van der Waals surface area contributed by atoms with Crippen LogP contribution in [0.1, 0.15) is 31.9 Å². The summed E-state index contributed by atoms with van der Waals surface area (Å²) in [7, 11) is 1.68. The van der Waals surface area contributed by atoms with Gasteiger partial charge in [0, 0.05) is 13.7 Å². The quantitative estimate of drug-likeness (QED) is 0.886. The second-order valence-corrected chi connectivity index (χ2v) is 6.23. The minimum Gasteiger partial charge on any atom is -0.383 e. The summed E-state index contributed by atoms with van der Waals surface area (Å²) in [5.41, 5.74) is 0.0972. The van der Waals surface area contributed by atoms with Crippen LogP contribution in [-0.4, -0.2) is 53.1 Å². The number of halogens is 1. The number of rotatable bonds is 5. The molecule has 1 aliphatic rings. The van der Waals surface area contributed by atoms with Crippen LogP contribution in [0.25, 0.3) is 0 Å². The molecule has 1 fully saturated rings. The third kappa shape index (κ3) is 3.42. The molecule has 1 saturated heterocycles. The Morgan fingerprint density at radius 1 is 1.45 bits per heavy atom. The number of ether oxygens (including phenoxy) is 1. The monoisotopic (exact) mass is 345 g/mol. The summed E-state index contributed by atoms with van der Waals surface area (Å²) >= 11 is 3.54. The molecule has 2 heterocycles. The Hall–Kier alpha value is -0.430. The molecule has 0 saturated carbocycles. The van der Waals surface area contributed by atoms with Crippen molar-refractivity contribution < 1.29 is 9.84 Å². The van der Waals surface area contributed by atoms with E-state index in [0.29, 0.717) is 13.2 Å². The van der Waals surface area contributed by atoms with E-state index in [1.54, 1.807) is 13.3 Å². The minimum atomic E-state index is -0.799. The molecule has 1 aromatic heterocycles. The van der Waals surface area contributed by atoms with Crippen LogP contribution in [0.3, 0.4) is 0 Å². The molecule has 1 aliphatic heterocycles. The van der Waals surface area contributed by atoms with Gasteiger partial charge in [0.25, 0.3) is 0 Å². The summed E-state index contributed by atoms with van der Waals surface area (Å²) in [6, 6.07) is 0. The third-order valence-electron chi connectivity index (χ3n) is 4.10. The summed E-state index contributed by atoms with van der Waals surface area (Å²) in [5.74, 6) is 0. The van der Waals surface area contributed by atoms with Crippen LogP contribution >= 0.6 is 15.9 Å². The van der Waals surface area contributed by atoms with Gasteiger partial charge in [0.1, 0.15) is 5.60 Å². The molecule has 1 N–H and O–H groups in total. The van der Waals surface area contributed by atoms with Gasteiger partial charge in [-0.25, -0.2) is 0 Å². The van der Waals surface area contributed by atoms with Crippen molar-refractivity contribution in [2.75, 3.05) is 33.4 Å². The first-order valence-corrected chi connectivity index (χ1v) is 8.05. The molecule has 1 atom stereocenters. The van der Waals surface area contributed by atoms with E-state index >= 15 is 0 Å². The first-order valence-electron chi connectivity index (χ1n) is 7.26. The molecule has 2 rings (SSSR count). The van der Waals surface area contributed by atoms with E-state index in [-0.39, 0.29) is 0 Å². The van der Waals surface area contributed by atoms with Gasteiger partial charge in [0.05, 0.1) is 29.5 Å². The summed E-state index contributed by atoms with van der Waals surface area (Å²) in [4.78, 5) is 2.39. The van der Waals surface area contributed by atoms with Crippen LogP contribution in [0.2, 0.25) is 0 Å². The van der Waals surface area contributed by atoms with Gasteiger partial charge in [-0.05, 0) is 48.3 Å². The standard InChI is InChI=1S/C14H24BrN3O2/c1-3-17-7-4-5-14(19,6-8-17)13-12(15)11-16-18(13)9-10-20-2/h11,19H,3-10H2,1-2H3. The lowest BCUT2D eigenvalue weighted by Gasteiger charge is -2.28. The van der Waals surface area contributed by atoms with Gasteiger partial charge in [-0.1, -0.05) is 6.92 Å². The Labute approximate surface area is 129 Å². The summed E-state index contributed by atoms with van der Waals surface area (Å²) < 4.78 is 7.88. The molecule has 20 heavy (non-hydrogen) atoms. The fourth-order valence-corrected chi connectivity index (χ4v) is 3.57. The van der Waals surface area contributed by atoms with Crippen molar-refractivity contribution in [3.63, 3.8) is 0 Å². The molecule has 6 heteroatoms. The molecule has 0 bridgehead atoms. The van der Waals surface area contributed by atoms with Crippen LogP contribution in [0.5, 0.6) is 0 Å². The molecule has 0 amide bonds. The highest BCUT2D eigenvalue weighted by Crippen LogP contribution is 2.36. The largest absolute Gasteiger partial charge is 0.383 e. The fraction of sp³-hybridized carbons (Fsp3) is 0.786. The van der Waals surface area contributed by atoms with E-state index in [2.05, 4.69) is 32.9 Å². The van der Waals surface area contributed by atoms with E-state index in [4.69, 9.17) is 4.74 Å². The second-order valence-electron chi connectivity index (χ2n) is 5.38. The van der Waals surface area contributed by atoms with Crippen LogP contribution in [-0.2, 0) is 16.9 Å². The zero-order chi connectivity index (χ0) is 14.6. The topological polar surface area (TPSA) is 50.5 Å². The minimum absolute atomic E-state index is 0.596.